The smallest absolute Gasteiger partial charge is 0.0147 e. The maximum Gasteiger partial charge on any atom is 0.0147 e. The summed E-state index contributed by atoms with van der Waals surface area (Å²) in [6.07, 6.45) is 0. The first-order chi connectivity index (χ1) is 2.81. The van der Waals surface area contributed by atoms with Gasteiger partial charge in [-0.3, -0.25) is 0 Å². The minimum absolute atomic E-state index is 0.672. The van der Waals surface area contributed by atoms with Gasteiger partial charge in [-0.15, -0.1) is 0 Å². The van der Waals surface area contributed by atoms with Gasteiger partial charge >= 0.3 is 0 Å². The van der Waals surface area contributed by atoms with Crippen LogP contribution in [0.15, 0.2) is 0 Å². The van der Waals surface area contributed by atoms with Crippen molar-refractivity contribution < 1.29 is 0 Å². The summed E-state index contributed by atoms with van der Waals surface area (Å²) >= 11 is 2.35. The molecule has 0 aromatic heterocycles. The van der Waals surface area contributed by atoms with Crippen molar-refractivity contribution in [3.05, 3.63) is 0 Å². The molecule has 1 nitrogen and oxygen atoms in total. The van der Waals surface area contributed by atoms with Crippen molar-refractivity contribution in [3.63, 3.8) is 0 Å². The lowest BCUT2D eigenvalue weighted by atomic mass is 10.4. The Labute approximate surface area is 52.6 Å². The minimum atomic E-state index is 0.672. The van der Waals surface area contributed by atoms with E-state index in [9.17, 15) is 0 Å². The minimum Gasteiger partial charge on any atom is -0.317 e. The Morgan fingerprint density at radius 3 is 2.33 bits per heavy atom. The highest BCUT2D eigenvalue weighted by atomic mass is 127. The molecule has 0 aromatic rings. The molecule has 0 aromatic carbocycles. The van der Waals surface area contributed by atoms with Gasteiger partial charge in [-0.2, -0.15) is 0 Å². The molecule has 1 atom stereocenters. The fraction of sp³-hybridized carbons (Fsp3) is 1.00. The molecule has 0 aliphatic carbocycles. The van der Waals surface area contributed by atoms with Gasteiger partial charge in [0.05, 0.1) is 0 Å². The quantitative estimate of drug-likeness (QED) is 0.517. The molecule has 0 amide bonds. The van der Waals surface area contributed by atoms with Crippen LogP contribution in [-0.4, -0.2) is 17.5 Å². The monoisotopic (exact) mass is 199 g/mol. The lowest BCUT2D eigenvalue weighted by molar-refractivity contribution is 0.685. The molecule has 0 heterocycles. The third-order valence-electron chi connectivity index (χ3n) is 0.724. The number of alkyl halides is 1. The highest BCUT2D eigenvalue weighted by Crippen LogP contribution is 1.85. The zero-order chi connectivity index (χ0) is 4.99. The lowest BCUT2D eigenvalue weighted by Crippen LogP contribution is -2.21. The van der Waals surface area contributed by atoms with Crippen LogP contribution in [0.5, 0.6) is 0 Å². The van der Waals surface area contributed by atoms with Crippen LogP contribution < -0.4 is 5.32 Å². The van der Waals surface area contributed by atoms with Crippen molar-refractivity contribution >= 4 is 22.6 Å². The van der Waals surface area contributed by atoms with Crippen molar-refractivity contribution in [3.8, 4) is 0 Å². The van der Waals surface area contributed by atoms with Crippen molar-refractivity contribution in [2.75, 3.05) is 11.5 Å². The second-order valence-corrected chi connectivity index (χ2v) is 2.22. The molecule has 0 bridgehead atoms. The van der Waals surface area contributed by atoms with E-state index in [-0.39, 0.29) is 0 Å². The van der Waals surface area contributed by atoms with Crippen LogP contribution >= 0.6 is 22.6 Å². The molecule has 0 aliphatic rings. The largest absolute Gasteiger partial charge is 0.317 e. The first kappa shape index (κ1) is 6.69. The van der Waals surface area contributed by atoms with Gasteiger partial charge in [0.15, 0.2) is 0 Å². The van der Waals surface area contributed by atoms with Gasteiger partial charge in [-0.25, -0.2) is 0 Å². The maximum absolute atomic E-state index is 3.11. The van der Waals surface area contributed by atoms with E-state index in [1.165, 1.54) is 4.43 Å². The van der Waals surface area contributed by atoms with Crippen LogP contribution in [0.4, 0.5) is 0 Å². The Morgan fingerprint density at radius 2 is 2.33 bits per heavy atom. The maximum atomic E-state index is 3.11. The van der Waals surface area contributed by atoms with Crippen molar-refractivity contribution in [1.29, 1.82) is 0 Å². The van der Waals surface area contributed by atoms with Crippen LogP contribution in [-0.2, 0) is 0 Å². The Kier molecular flexibility index (Phi) is 4.31. The normalized spacial score (nSPS) is 14.5. The van der Waals surface area contributed by atoms with E-state index < -0.39 is 0 Å². The molecule has 1 N–H and O–H groups in total. The topological polar surface area (TPSA) is 12.0 Å². The number of hydrogen-bond acceptors (Lipinski definition) is 1. The lowest BCUT2D eigenvalue weighted by Gasteiger charge is -2.01. The van der Waals surface area contributed by atoms with E-state index >= 15 is 0 Å². The van der Waals surface area contributed by atoms with Crippen molar-refractivity contribution in [2.45, 2.75) is 13.0 Å². The zero-order valence-corrected chi connectivity index (χ0v) is 6.32. The fourth-order valence-electron chi connectivity index (χ4n) is 0.0772. The average Bonchev–Trinajstić information content (AvgIpc) is 1.65. The summed E-state index contributed by atoms with van der Waals surface area (Å²) < 4.78 is 1.19. The number of hydrogen-bond donors (Lipinski definition) is 1. The summed E-state index contributed by atoms with van der Waals surface area (Å²) in [5.74, 6) is 0. The molecule has 0 aliphatic heterocycles. The Balaban J connectivity index is 2.75. The van der Waals surface area contributed by atoms with E-state index in [0.29, 0.717) is 6.04 Å². The Hall–Kier alpha value is 0.690. The van der Waals surface area contributed by atoms with Crippen LogP contribution in [0.2, 0.25) is 0 Å². The van der Waals surface area contributed by atoms with Gasteiger partial charge in [0, 0.05) is 10.5 Å². The van der Waals surface area contributed by atoms with Gasteiger partial charge < -0.3 is 5.32 Å². The molecule has 0 rings (SSSR count). The summed E-state index contributed by atoms with van der Waals surface area (Å²) in [5.41, 5.74) is 0. The highest BCUT2D eigenvalue weighted by molar-refractivity contribution is 14.1. The predicted octanol–water partition coefficient (Wildman–Crippen LogP) is 1.03. The molecule has 0 fully saturated rings. The molecule has 38 valence electrons. The Bertz CT molecular complexity index is 26.7. The van der Waals surface area contributed by atoms with E-state index in [2.05, 4.69) is 34.8 Å². The molecule has 6 heavy (non-hydrogen) atoms. The van der Waals surface area contributed by atoms with Gasteiger partial charge in [-0.05, 0) is 14.0 Å². The summed E-state index contributed by atoms with van der Waals surface area (Å²) in [5, 5.41) is 3.11. The average molecular weight is 199 g/mol. The first-order valence-corrected chi connectivity index (χ1v) is 3.57. The molecule has 0 saturated carbocycles. The molecule has 0 saturated heterocycles. The standard InChI is InChI=1S/C4H10IN/c1-4(3-5)6-2/h4,6H,3H2,1-2H3/t4-/m1/s1. The number of rotatable bonds is 2. The molecular formula is C4H10IN. The van der Waals surface area contributed by atoms with Crippen LogP contribution in [0.1, 0.15) is 6.92 Å². The summed E-state index contributed by atoms with van der Waals surface area (Å²) in [7, 11) is 1.98. The van der Waals surface area contributed by atoms with Crippen molar-refractivity contribution in [2.24, 2.45) is 0 Å². The summed E-state index contributed by atoms with van der Waals surface area (Å²) in [6.45, 7) is 2.16. The molecule has 0 spiro atoms. The van der Waals surface area contributed by atoms with E-state index in [1.807, 2.05) is 7.05 Å². The van der Waals surface area contributed by atoms with Crippen molar-refractivity contribution in [1.82, 2.24) is 5.32 Å². The second-order valence-electron chi connectivity index (χ2n) is 1.34. The van der Waals surface area contributed by atoms with E-state index in [4.69, 9.17) is 0 Å². The zero-order valence-electron chi connectivity index (χ0n) is 4.16. The summed E-state index contributed by atoms with van der Waals surface area (Å²) in [6, 6.07) is 0.672. The van der Waals surface area contributed by atoms with Gasteiger partial charge in [-0.1, -0.05) is 22.6 Å². The first-order valence-electron chi connectivity index (χ1n) is 2.04. The van der Waals surface area contributed by atoms with E-state index in [0.717, 1.165) is 0 Å². The highest BCUT2D eigenvalue weighted by Gasteiger charge is 1.88. The number of halogens is 1. The van der Waals surface area contributed by atoms with Gasteiger partial charge in [0.2, 0.25) is 0 Å². The second kappa shape index (κ2) is 3.87. The Morgan fingerprint density at radius 1 is 1.83 bits per heavy atom. The molecule has 2 heteroatoms. The number of nitrogens with one attached hydrogen (secondary N) is 1. The third kappa shape index (κ3) is 2.90. The van der Waals surface area contributed by atoms with Crippen LogP contribution in [0.3, 0.4) is 0 Å². The molecular weight excluding hydrogens is 189 g/mol. The third-order valence-corrected chi connectivity index (χ3v) is 2.05. The predicted molar refractivity (Wildman–Crippen MR) is 37.4 cm³/mol. The fourth-order valence-corrected chi connectivity index (χ4v) is 0.518. The molecule has 0 radical (unpaired) electrons. The summed E-state index contributed by atoms with van der Waals surface area (Å²) in [4.78, 5) is 0. The van der Waals surface area contributed by atoms with E-state index in [1.54, 1.807) is 0 Å². The van der Waals surface area contributed by atoms with Crippen LogP contribution in [0, 0.1) is 0 Å². The molecule has 0 unspecified atom stereocenters. The van der Waals surface area contributed by atoms with Gasteiger partial charge in [0.1, 0.15) is 0 Å². The van der Waals surface area contributed by atoms with Gasteiger partial charge in [0.25, 0.3) is 0 Å². The van der Waals surface area contributed by atoms with Crippen LogP contribution in [0.25, 0.3) is 0 Å². The SMILES string of the molecule is CN[C@H](C)CI.